The molecular weight excluding hydrogens is 322 g/mol. The first-order valence-corrected chi connectivity index (χ1v) is 7.54. The normalized spacial score (nSPS) is 10.3. The van der Waals surface area contributed by atoms with Crippen LogP contribution in [0.2, 0.25) is 0 Å². The molecule has 6 nitrogen and oxygen atoms in total. The summed E-state index contributed by atoms with van der Waals surface area (Å²) in [5.74, 6) is 0.000982. The number of amides is 1. The number of benzene rings is 2. The van der Waals surface area contributed by atoms with E-state index in [1.54, 1.807) is 24.3 Å². The van der Waals surface area contributed by atoms with Crippen molar-refractivity contribution in [2.45, 2.75) is 0 Å². The maximum Gasteiger partial charge on any atom is 0.331 e. The van der Waals surface area contributed by atoms with Crippen molar-refractivity contribution in [3.05, 3.63) is 60.2 Å². The number of carbonyl (C=O) groups is 2. The van der Waals surface area contributed by atoms with E-state index in [2.05, 4.69) is 5.32 Å². The molecule has 0 aliphatic rings. The first-order chi connectivity index (χ1) is 12.1. The number of rotatable bonds is 7. The van der Waals surface area contributed by atoms with Crippen molar-refractivity contribution >= 4 is 23.6 Å². The quantitative estimate of drug-likeness (QED) is 0.619. The van der Waals surface area contributed by atoms with Crippen LogP contribution in [0.15, 0.2) is 54.6 Å². The molecule has 0 fully saturated rings. The molecule has 0 aromatic heterocycles. The Labute approximate surface area is 146 Å². The Hall–Kier alpha value is -3.28. The van der Waals surface area contributed by atoms with Gasteiger partial charge in [0.05, 0.1) is 14.2 Å². The average molecular weight is 341 g/mol. The number of nitrogens with one attached hydrogen (secondary N) is 1. The molecule has 0 saturated heterocycles. The Morgan fingerprint density at radius 3 is 2.40 bits per heavy atom. The smallest absolute Gasteiger partial charge is 0.331 e. The van der Waals surface area contributed by atoms with Crippen molar-refractivity contribution in [3.8, 4) is 11.5 Å². The molecule has 2 aromatic carbocycles. The van der Waals surface area contributed by atoms with Gasteiger partial charge in [0.25, 0.3) is 5.91 Å². The fourth-order valence-electron chi connectivity index (χ4n) is 2.02. The molecule has 0 atom stereocenters. The second kappa shape index (κ2) is 9.12. The van der Waals surface area contributed by atoms with Gasteiger partial charge in [-0.3, -0.25) is 4.79 Å². The van der Waals surface area contributed by atoms with E-state index in [-0.39, 0.29) is 6.61 Å². The zero-order valence-corrected chi connectivity index (χ0v) is 14.0. The molecule has 0 saturated carbocycles. The summed E-state index contributed by atoms with van der Waals surface area (Å²) in [7, 11) is 3.03. The molecule has 0 aliphatic heterocycles. The molecule has 0 aliphatic carbocycles. The number of ether oxygens (including phenoxy) is 3. The minimum absolute atomic E-state index is 0.383. The van der Waals surface area contributed by atoms with E-state index in [1.165, 1.54) is 20.3 Å². The van der Waals surface area contributed by atoms with E-state index in [9.17, 15) is 9.59 Å². The maximum atomic E-state index is 11.9. The number of esters is 1. The number of anilines is 1. The molecule has 0 spiro atoms. The first kappa shape index (κ1) is 18.1. The van der Waals surface area contributed by atoms with Gasteiger partial charge in [-0.1, -0.05) is 30.3 Å². The second-order valence-corrected chi connectivity index (χ2v) is 4.97. The van der Waals surface area contributed by atoms with Crippen LogP contribution in [-0.2, 0) is 14.3 Å². The molecule has 0 bridgehead atoms. The summed E-state index contributed by atoms with van der Waals surface area (Å²) in [4.78, 5) is 23.5. The van der Waals surface area contributed by atoms with Crippen molar-refractivity contribution in [2.24, 2.45) is 0 Å². The highest BCUT2D eigenvalue weighted by Gasteiger charge is 2.09. The van der Waals surface area contributed by atoms with E-state index in [4.69, 9.17) is 14.2 Å². The molecule has 0 unspecified atom stereocenters. The van der Waals surface area contributed by atoms with Crippen LogP contribution in [0.25, 0.3) is 6.08 Å². The van der Waals surface area contributed by atoms with E-state index in [1.807, 2.05) is 30.3 Å². The largest absolute Gasteiger partial charge is 0.493 e. The molecule has 1 N–H and O–H groups in total. The van der Waals surface area contributed by atoms with Gasteiger partial charge in [0.15, 0.2) is 18.1 Å². The van der Waals surface area contributed by atoms with Gasteiger partial charge in [-0.05, 0) is 23.8 Å². The Morgan fingerprint density at radius 1 is 1.00 bits per heavy atom. The molecule has 1 amide bonds. The Bertz CT molecular complexity index is 756. The summed E-state index contributed by atoms with van der Waals surface area (Å²) in [6.45, 7) is -0.383. The van der Waals surface area contributed by atoms with Gasteiger partial charge in [-0.15, -0.1) is 0 Å². The van der Waals surface area contributed by atoms with E-state index < -0.39 is 11.9 Å². The number of methoxy groups -OCH3 is 2. The highest BCUT2D eigenvalue weighted by atomic mass is 16.5. The van der Waals surface area contributed by atoms with E-state index in [0.29, 0.717) is 17.2 Å². The predicted molar refractivity (Wildman–Crippen MR) is 94.6 cm³/mol. The predicted octanol–water partition coefficient (Wildman–Crippen LogP) is 2.90. The summed E-state index contributed by atoms with van der Waals surface area (Å²) in [6, 6.07) is 14.3. The minimum atomic E-state index is -0.591. The van der Waals surface area contributed by atoms with Crippen LogP contribution in [-0.4, -0.2) is 32.7 Å². The van der Waals surface area contributed by atoms with Crippen LogP contribution in [0, 0.1) is 0 Å². The molecule has 130 valence electrons. The molecule has 25 heavy (non-hydrogen) atoms. The lowest BCUT2D eigenvalue weighted by Gasteiger charge is -2.10. The Morgan fingerprint density at radius 2 is 1.72 bits per heavy atom. The van der Waals surface area contributed by atoms with Crippen LogP contribution >= 0.6 is 0 Å². The summed E-state index contributed by atoms with van der Waals surface area (Å²) < 4.78 is 15.2. The third-order valence-corrected chi connectivity index (χ3v) is 3.22. The van der Waals surface area contributed by atoms with E-state index in [0.717, 1.165) is 5.56 Å². The lowest BCUT2D eigenvalue weighted by Crippen LogP contribution is -2.20. The average Bonchev–Trinajstić information content (AvgIpc) is 2.65. The third kappa shape index (κ3) is 5.69. The fraction of sp³-hybridized carbons (Fsp3) is 0.158. The zero-order valence-electron chi connectivity index (χ0n) is 14.0. The zero-order chi connectivity index (χ0) is 18.1. The second-order valence-electron chi connectivity index (χ2n) is 4.97. The molecular formula is C19H19NO5. The molecule has 6 heteroatoms. The lowest BCUT2D eigenvalue weighted by molar-refractivity contribution is -0.142. The summed E-state index contributed by atoms with van der Waals surface area (Å²) in [5.41, 5.74) is 1.38. The van der Waals surface area contributed by atoms with Crippen molar-refractivity contribution in [3.63, 3.8) is 0 Å². The maximum absolute atomic E-state index is 11.9. The van der Waals surface area contributed by atoms with Crippen LogP contribution in [0.1, 0.15) is 5.56 Å². The van der Waals surface area contributed by atoms with Gasteiger partial charge >= 0.3 is 5.97 Å². The number of hydrogen-bond donors (Lipinski definition) is 1. The van der Waals surface area contributed by atoms with Gasteiger partial charge in [0.2, 0.25) is 0 Å². The van der Waals surface area contributed by atoms with E-state index >= 15 is 0 Å². The van der Waals surface area contributed by atoms with Crippen LogP contribution < -0.4 is 14.8 Å². The molecule has 0 radical (unpaired) electrons. The van der Waals surface area contributed by atoms with Gasteiger partial charge in [0, 0.05) is 17.8 Å². The monoisotopic (exact) mass is 341 g/mol. The van der Waals surface area contributed by atoms with Crippen molar-refractivity contribution < 1.29 is 23.8 Å². The van der Waals surface area contributed by atoms with Gasteiger partial charge in [0.1, 0.15) is 0 Å². The van der Waals surface area contributed by atoms with Gasteiger partial charge in [-0.25, -0.2) is 4.79 Å². The highest BCUT2D eigenvalue weighted by Crippen LogP contribution is 2.29. The van der Waals surface area contributed by atoms with Gasteiger partial charge < -0.3 is 19.5 Å². The van der Waals surface area contributed by atoms with Crippen molar-refractivity contribution in [1.82, 2.24) is 0 Å². The minimum Gasteiger partial charge on any atom is -0.493 e. The summed E-state index contributed by atoms with van der Waals surface area (Å²) in [6.07, 6.45) is 2.90. The van der Waals surface area contributed by atoms with Crippen LogP contribution in [0.3, 0.4) is 0 Å². The SMILES string of the molecule is COc1ccc(NC(=O)COC(=O)/C=C/c2ccccc2)cc1OC. The number of hydrogen-bond acceptors (Lipinski definition) is 5. The summed E-state index contributed by atoms with van der Waals surface area (Å²) >= 11 is 0. The third-order valence-electron chi connectivity index (χ3n) is 3.22. The topological polar surface area (TPSA) is 73.9 Å². The molecule has 0 heterocycles. The Balaban J connectivity index is 1.84. The highest BCUT2D eigenvalue weighted by molar-refractivity contribution is 5.94. The van der Waals surface area contributed by atoms with Crippen LogP contribution in [0.5, 0.6) is 11.5 Å². The molecule has 2 rings (SSSR count). The lowest BCUT2D eigenvalue weighted by atomic mass is 10.2. The fourth-order valence-corrected chi connectivity index (χ4v) is 2.02. The first-order valence-electron chi connectivity index (χ1n) is 7.54. The van der Waals surface area contributed by atoms with Gasteiger partial charge in [-0.2, -0.15) is 0 Å². The van der Waals surface area contributed by atoms with Crippen molar-refractivity contribution in [1.29, 1.82) is 0 Å². The standard InChI is InChI=1S/C19H19NO5/c1-23-16-10-9-15(12-17(16)24-2)20-18(21)13-25-19(22)11-8-14-6-4-3-5-7-14/h3-12H,13H2,1-2H3,(H,20,21)/b11-8+. The molecule has 2 aromatic rings. The van der Waals surface area contributed by atoms with Crippen molar-refractivity contribution in [2.75, 3.05) is 26.1 Å². The number of carbonyl (C=O) groups excluding carboxylic acids is 2. The van der Waals surface area contributed by atoms with Crippen LogP contribution in [0.4, 0.5) is 5.69 Å². The summed E-state index contributed by atoms with van der Waals surface area (Å²) in [5, 5.41) is 2.62. The Kier molecular flexibility index (Phi) is 6.59.